The summed E-state index contributed by atoms with van der Waals surface area (Å²) in [5.74, 6) is -3.04. The average molecular weight is 624 g/mol. The first-order valence-corrected chi connectivity index (χ1v) is 15.6. The summed E-state index contributed by atoms with van der Waals surface area (Å²) in [5.41, 5.74) is 2.32. The van der Waals surface area contributed by atoms with Crippen LogP contribution in [0.3, 0.4) is 0 Å². The fourth-order valence-electron chi connectivity index (χ4n) is 10.2. The van der Waals surface area contributed by atoms with Crippen molar-refractivity contribution in [3.05, 3.63) is 29.8 Å². The molecule has 5 heterocycles. The van der Waals surface area contributed by atoms with Crippen molar-refractivity contribution in [1.29, 1.82) is 0 Å². The number of carbonyl (C=O) groups excluding carboxylic acids is 1. The van der Waals surface area contributed by atoms with E-state index in [-0.39, 0.29) is 47.0 Å². The number of hydrogen-bond donors (Lipinski definition) is 6. The number of likely N-dealkylation sites (N-methyl/N-ethyl adjacent to an activating group) is 2. The number of quaternary nitrogens is 1. The Balaban J connectivity index is 0.000000350. The number of piperidine rings is 4. The lowest BCUT2D eigenvalue weighted by Crippen LogP contribution is -2.84. The molecule has 13 atom stereocenters. The molecule has 5 bridgehead atoms. The maximum atomic E-state index is 12.1. The predicted octanol–water partition coefficient (Wildman–Crippen LogP) is -2.51. The highest BCUT2D eigenvalue weighted by Gasteiger charge is 2.83. The van der Waals surface area contributed by atoms with E-state index >= 15 is 0 Å². The Morgan fingerprint density at radius 1 is 1.09 bits per heavy atom. The van der Waals surface area contributed by atoms with Gasteiger partial charge in [-0.05, 0) is 37.1 Å². The number of carboxylic acids is 2. The van der Waals surface area contributed by atoms with Gasteiger partial charge in [-0.2, -0.15) is 0 Å². The molecule has 8 N–H and O–H groups in total. The molecule has 5 fully saturated rings. The topological polar surface area (TPSA) is 217 Å². The molecule has 13 heteroatoms. The third kappa shape index (κ3) is 4.66. The van der Waals surface area contributed by atoms with E-state index in [9.17, 15) is 30.0 Å². The molecule has 13 nitrogen and oxygen atoms in total. The quantitative estimate of drug-likeness (QED) is 0.150. The first-order valence-electron chi connectivity index (χ1n) is 15.6. The van der Waals surface area contributed by atoms with E-state index in [1.165, 1.54) is 11.3 Å². The number of carboxylic acid groups (broad SMARTS) is 2. The second kappa shape index (κ2) is 12.4. The van der Waals surface area contributed by atoms with Crippen molar-refractivity contribution in [3.63, 3.8) is 0 Å². The number of carbonyl (C=O) groups is 2. The molecule has 1 saturated carbocycles. The van der Waals surface area contributed by atoms with E-state index in [0.717, 1.165) is 32.4 Å². The predicted molar refractivity (Wildman–Crippen MR) is 157 cm³/mol. The van der Waals surface area contributed by atoms with E-state index in [2.05, 4.69) is 61.9 Å². The van der Waals surface area contributed by atoms with Crippen LogP contribution >= 0.6 is 0 Å². The zero-order valence-electron chi connectivity index (χ0n) is 25.9. The van der Waals surface area contributed by atoms with Crippen LogP contribution in [0.15, 0.2) is 24.3 Å². The minimum absolute atomic E-state index is 0. The summed E-state index contributed by atoms with van der Waals surface area (Å²) < 4.78 is 0.601. The summed E-state index contributed by atoms with van der Waals surface area (Å²) in [4.78, 5) is 24.1. The van der Waals surface area contributed by atoms with Gasteiger partial charge >= 0.3 is 5.97 Å². The van der Waals surface area contributed by atoms with Gasteiger partial charge in [-0.15, -0.1) is 0 Å². The fraction of sp³-hybridized carbons (Fsp3) is 0.742. The number of benzene rings is 1. The van der Waals surface area contributed by atoms with Gasteiger partial charge in [-0.3, -0.25) is 4.48 Å². The van der Waals surface area contributed by atoms with E-state index in [4.69, 9.17) is 15.3 Å². The van der Waals surface area contributed by atoms with Gasteiger partial charge in [0.1, 0.15) is 24.8 Å². The number of para-hydroxylation sites is 1. The molecule has 1 spiro atoms. The van der Waals surface area contributed by atoms with E-state index in [1.807, 2.05) is 0 Å². The molecule has 6 aliphatic rings. The second-order valence-corrected chi connectivity index (χ2v) is 13.2. The molecule has 44 heavy (non-hydrogen) atoms. The van der Waals surface area contributed by atoms with Crippen LogP contribution in [0.4, 0.5) is 5.69 Å². The summed E-state index contributed by atoms with van der Waals surface area (Å²) in [6, 6.07) is 9.31. The van der Waals surface area contributed by atoms with Gasteiger partial charge in [0, 0.05) is 44.0 Å². The Hall–Kier alpha value is -2.36. The van der Waals surface area contributed by atoms with Gasteiger partial charge in [0.25, 0.3) is 0 Å². The monoisotopic (exact) mass is 623 g/mol. The summed E-state index contributed by atoms with van der Waals surface area (Å²) in [6.07, 6.45) is -3.11. The zero-order valence-corrected chi connectivity index (χ0v) is 25.9. The van der Waals surface area contributed by atoms with Gasteiger partial charge < -0.3 is 55.8 Å². The summed E-state index contributed by atoms with van der Waals surface area (Å²) in [5, 5.41) is 69.6. The Morgan fingerprint density at radius 3 is 2.27 bits per heavy atom. The van der Waals surface area contributed by atoms with Gasteiger partial charge in [-0.1, -0.05) is 39.0 Å². The molecular weight excluding hydrogens is 574 g/mol. The van der Waals surface area contributed by atoms with Crippen LogP contribution < -0.4 is 10.0 Å². The standard InChI is InChI=1S/C27H42N3O3.C4H6O6.H2O/c1-5-17-18-12-21-24-27(19-10-8-9-11-20(19)28(24)4)13-22(23(18)25(27)32)30(21,26(17)33)15-16(31)14-29(6-2)7-3;5-1(3(7)8)2(6)4(9)10;/h8-11,16-18,21-26,31-33H,5-7,12-15H2,1-4H3;1-2,5-6H,(H,7,8)(H,9,10);1H2/q+1;;/p-1/t16?,17-,18?,21-,22-,23+,24-,25+,26+,27+,30-;1-,2+;/m0../s1. The van der Waals surface area contributed by atoms with Crippen molar-refractivity contribution in [3.8, 4) is 0 Å². The van der Waals surface area contributed by atoms with Gasteiger partial charge in [0.2, 0.25) is 0 Å². The van der Waals surface area contributed by atoms with Crippen LogP contribution in [0.2, 0.25) is 0 Å². The highest BCUT2D eigenvalue weighted by atomic mass is 16.4. The van der Waals surface area contributed by atoms with Gasteiger partial charge in [-0.25, -0.2) is 4.79 Å². The van der Waals surface area contributed by atoms with Crippen LogP contribution in [-0.2, 0) is 15.0 Å². The van der Waals surface area contributed by atoms with Crippen molar-refractivity contribution < 1.29 is 55.3 Å². The molecule has 1 aromatic rings. The van der Waals surface area contributed by atoms with Gasteiger partial charge in [0.15, 0.2) is 12.3 Å². The number of hydrogen-bond acceptors (Lipinski definition) is 10. The van der Waals surface area contributed by atoms with Crippen molar-refractivity contribution in [2.45, 2.75) is 94.2 Å². The summed E-state index contributed by atoms with van der Waals surface area (Å²) >= 11 is 0. The van der Waals surface area contributed by atoms with E-state index in [1.54, 1.807) is 0 Å². The minimum Gasteiger partial charge on any atom is -0.547 e. The minimum atomic E-state index is -2.38. The molecule has 0 radical (unpaired) electrons. The summed E-state index contributed by atoms with van der Waals surface area (Å²) in [7, 11) is 2.19. The van der Waals surface area contributed by atoms with Crippen LogP contribution in [-0.4, -0.2) is 139 Å². The van der Waals surface area contributed by atoms with Gasteiger partial charge in [0.05, 0.1) is 29.6 Å². The first kappa shape index (κ1) is 34.5. The third-order valence-corrected chi connectivity index (χ3v) is 11.8. The number of nitrogens with zero attached hydrogens (tertiary/aromatic N) is 3. The SMILES string of the molecule is CC[C@H]1C2C[C@H]3[C@@H]4N(C)c5ccccc5[C@]45C[C@@H]([C@@H]2[C@H]5O)[N@@+]3(CC(O)CN(CC)CC)[C@@H]1O.O.O=C(O)[C@@H](O)[C@@H](O)C(=O)[O-]. The summed E-state index contributed by atoms with van der Waals surface area (Å²) in [6.45, 7) is 9.58. The van der Waals surface area contributed by atoms with Crippen molar-refractivity contribution >= 4 is 17.6 Å². The molecule has 5 aliphatic heterocycles. The van der Waals surface area contributed by atoms with E-state index in [0.29, 0.717) is 23.5 Å². The molecule has 1 aliphatic carbocycles. The molecule has 7 rings (SSSR count). The lowest BCUT2D eigenvalue weighted by molar-refractivity contribution is -1.04. The maximum absolute atomic E-state index is 12.1. The molecule has 4 saturated heterocycles. The normalized spacial score (nSPS) is 39.1. The molecular formula is C31H49N3O10. The lowest BCUT2D eigenvalue weighted by Gasteiger charge is -2.68. The molecule has 248 valence electrons. The van der Waals surface area contributed by atoms with Crippen LogP contribution in [0.5, 0.6) is 0 Å². The third-order valence-electron chi connectivity index (χ3n) is 11.8. The lowest BCUT2D eigenvalue weighted by atomic mass is 9.60. The number of fused-ring (bicyclic) bond motifs is 2. The Labute approximate surface area is 257 Å². The Kier molecular flexibility index (Phi) is 9.76. The first-order chi connectivity index (χ1) is 20.3. The highest BCUT2D eigenvalue weighted by Crippen LogP contribution is 2.71. The zero-order chi connectivity index (χ0) is 31.6. The molecule has 0 aromatic heterocycles. The average Bonchev–Trinajstić information content (AvgIpc) is 3.37. The number of aliphatic carboxylic acids is 2. The maximum Gasteiger partial charge on any atom is 0.335 e. The molecule has 2 unspecified atom stereocenters. The highest BCUT2D eigenvalue weighted by molar-refractivity contribution is 5.82. The van der Waals surface area contributed by atoms with Crippen LogP contribution in [0, 0.1) is 17.8 Å². The molecule has 1 aromatic carbocycles. The number of anilines is 1. The smallest absolute Gasteiger partial charge is 0.335 e. The Morgan fingerprint density at radius 2 is 1.73 bits per heavy atom. The van der Waals surface area contributed by atoms with Crippen LogP contribution in [0.25, 0.3) is 0 Å². The largest absolute Gasteiger partial charge is 0.547 e. The van der Waals surface area contributed by atoms with Crippen LogP contribution in [0.1, 0.15) is 45.6 Å². The van der Waals surface area contributed by atoms with Crippen molar-refractivity contribution in [2.75, 3.05) is 38.1 Å². The van der Waals surface area contributed by atoms with Crippen molar-refractivity contribution in [2.24, 2.45) is 17.8 Å². The number of aliphatic hydroxyl groups excluding tert-OH is 5. The van der Waals surface area contributed by atoms with Crippen molar-refractivity contribution in [1.82, 2.24) is 4.90 Å². The van der Waals surface area contributed by atoms with E-state index < -0.39 is 36.5 Å². The Bertz CT molecular complexity index is 1200. The second-order valence-electron chi connectivity index (χ2n) is 13.2. The molecule has 0 amide bonds. The number of rotatable bonds is 10. The fourth-order valence-corrected chi connectivity index (χ4v) is 10.2. The number of aliphatic hydroxyl groups is 5.